The first-order chi connectivity index (χ1) is 15.4. The molecular formula is C21H15ClN6O3S. The molecule has 0 saturated heterocycles. The van der Waals surface area contributed by atoms with Crippen molar-refractivity contribution in [3.63, 3.8) is 0 Å². The van der Waals surface area contributed by atoms with Gasteiger partial charge in [-0.3, -0.25) is 19.9 Å². The van der Waals surface area contributed by atoms with Gasteiger partial charge in [-0.1, -0.05) is 22.9 Å². The molecule has 0 fully saturated rings. The van der Waals surface area contributed by atoms with E-state index in [1.54, 1.807) is 23.1 Å². The molecule has 0 spiro atoms. The number of halogens is 1. The van der Waals surface area contributed by atoms with E-state index in [4.69, 9.17) is 16.7 Å². The summed E-state index contributed by atoms with van der Waals surface area (Å²) in [6.07, 6.45) is 4.84. The zero-order valence-electron chi connectivity index (χ0n) is 16.7. The second kappa shape index (κ2) is 7.81. The minimum Gasteiger partial charge on any atom is -0.302 e. The molecule has 1 aliphatic rings. The van der Waals surface area contributed by atoms with E-state index in [0.717, 1.165) is 33.1 Å². The standard InChI is InChI=1S/C21H15ClN6O3S/c1-11(29)24-21-25-16-6-5-14-18(12-3-2-8-23-10-12)26-27(19(14)20(16)32-21)17-7-4-13(28(30)31)9-15(17)22/h2-4,7-10H,5-6H2,1H3,(H,24,25,29). The molecule has 1 aromatic carbocycles. The molecule has 0 unspecified atom stereocenters. The number of carbonyl (C=O) groups excluding carboxylic acids is 1. The topological polar surface area (TPSA) is 116 Å². The van der Waals surface area contributed by atoms with Crippen molar-refractivity contribution in [2.75, 3.05) is 5.32 Å². The molecule has 1 N–H and O–H groups in total. The van der Waals surface area contributed by atoms with E-state index in [1.807, 2.05) is 12.1 Å². The lowest BCUT2D eigenvalue weighted by molar-refractivity contribution is -0.384. The van der Waals surface area contributed by atoms with Crippen molar-refractivity contribution >= 4 is 39.7 Å². The molecule has 1 aliphatic carbocycles. The first kappa shape index (κ1) is 20.3. The van der Waals surface area contributed by atoms with Gasteiger partial charge in [0, 0.05) is 42.6 Å². The Hall–Kier alpha value is -3.63. The summed E-state index contributed by atoms with van der Waals surface area (Å²) in [6, 6.07) is 8.08. The fourth-order valence-electron chi connectivity index (χ4n) is 3.76. The minimum absolute atomic E-state index is 0.0984. The fraction of sp³-hybridized carbons (Fsp3) is 0.143. The number of amides is 1. The third kappa shape index (κ3) is 3.43. The number of nitrogens with zero attached hydrogens (tertiary/aromatic N) is 5. The maximum Gasteiger partial charge on any atom is 0.271 e. The van der Waals surface area contributed by atoms with Gasteiger partial charge in [-0.25, -0.2) is 9.67 Å². The number of pyridine rings is 1. The van der Waals surface area contributed by atoms with Crippen LogP contribution in [0.25, 0.3) is 27.5 Å². The molecule has 32 heavy (non-hydrogen) atoms. The maximum absolute atomic E-state index is 11.5. The quantitative estimate of drug-likeness (QED) is 0.345. The van der Waals surface area contributed by atoms with Crippen molar-refractivity contribution in [3.8, 4) is 27.5 Å². The van der Waals surface area contributed by atoms with Crippen LogP contribution in [0.3, 0.4) is 0 Å². The van der Waals surface area contributed by atoms with Gasteiger partial charge in [-0.2, -0.15) is 5.10 Å². The van der Waals surface area contributed by atoms with E-state index in [0.29, 0.717) is 23.7 Å². The normalized spacial score (nSPS) is 12.2. The van der Waals surface area contributed by atoms with Crippen molar-refractivity contribution in [1.82, 2.24) is 19.7 Å². The predicted octanol–water partition coefficient (Wildman–Crippen LogP) is 4.68. The molecule has 3 aromatic heterocycles. The molecule has 9 nitrogen and oxygen atoms in total. The summed E-state index contributed by atoms with van der Waals surface area (Å²) in [6.45, 7) is 1.44. The second-order valence-corrected chi connectivity index (χ2v) is 8.60. The van der Waals surface area contributed by atoms with Crippen molar-refractivity contribution in [1.29, 1.82) is 0 Å². The number of nitro groups is 1. The Kier molecular flexibility index (Phi) is 4.95. The molecule has 0 aliphatic heterocycles. The van der Waals surface area contributed by atoms with Gasteiger partial charge in [0.05, 0.1) is 37.6 Å². The van der Waals surface area contributed by atoms with Crippen LogP contribution in [-0.2, 0) is 17.6 Å². The van der Waals surface area contributed by atoms with Gasteiger partial charge in [-0.05, 0) is 31.0 Å². The van der Waals surface area contributed by atoms with Crippen molar-refractivity contribution < 1.29 is 9.72 Å². The fourth-order valence-corrected chi connectivity index (χ4v) is 5.13. The van der Waals surface area contributed by atoms with E-state index >= 15 is 0 Å². The van der Waals surface area contributed by atoms with Crippen LogP contribution in [0.4, 0.5) is 10.8 Å². The Balaban J connectivity index is 1.75. The van der Waals surface area contributed by atoms with Gasteiger partial charge in [0.2, 0.25) is 5.91 Å². The van der Waals surface area contributed by atoms with Crippen LogP contribution >= 0.6 is 22.9 Å². The first-order valence-corrected chi connectivity index (χ1v) is 10.9. The van der Waals surface area contributed by atoms with Crippen molar-refractivity contribution in [3.05, 3.63) is 69.1 Å². The minimum atomic E-state index is -0.490. The summed E-state index contributed by atoms with van der Waals surface area (Å²) < 4.78 is 1.71. The summed E-state index contributed by atoms with van der Waals surface area (Å²) >= 11 is 7.83. The van der Waals surface area contributed by atoms with Gasteiger partial charge in [0.25, 0.3) is 5.69 Å². The Morgan fingerprint density at radius 3 is 2.84 bits per heavy atom. The number of hydrogen-bond donors (Lipinski definition) is 1. The summed E-state index contributed by atoms with van der Waals surface area (Å²) in [5.41, 5.74) is 4.74. The van der Waals surface area contributed by atoms with Crippen LogP contribution < -0.4 is 5.32 Å². The number of non-ortho nitro benzene ring substituents is 1. The number of rotatable bonds is 4. The summed E-state index contributed by atoms with van der Waals surface area (Å²) in [5, 5.41) is 19.5. The molecule has 0 bridgehead atoms. The number of carbonyl (C=O) groups is 1. The van der Waals surface area contributed by atoms with Crippen LogP contribution in [0.2, 0.25) is 5.02 Å². The van der Waals surface area contributed by atoms with Crippen LogP contribution in [0.1, 0.15) is 18.2 Å². The highest BCUT2D eigenvalue weighted by Crippen LogP contribution is 2.44. The smallest absolute Gasteiger partial charge is 0.271 e. The zero-order valence-corrected chi connectivity index (χ0v) is 18.3. The molecular weight excluding hydrogens is 452 g/mol. The lowest BCUT2D eigenvalue weighted by Gasteiger charge is -2.14. The summed E-state index contributed by atoms with van der Waals surface area (Å²) in [7, 11) is 0. The molecule has 160 valence electrons. The molecule has 11 heteroatoms. The van der Waals surface area contributed by atoms with Gasteiger partial charge >= 0.3 is 0 Å². The Morgan fingerprint density at radius 1 is 1.31 bits per heavy atom. The monoisotopic (exact) mass is 466 g/mol. The molecule has 4 aromatic rings. The van der Waals surface area contributed by atoms with E-state index < -0.39 is 4.92 Å². The number of aromatic nitrogens is 4. The van der Waals surface area contributed by atoms with Gasteiger partial charge < -0.3 is 5.32 Å². The van der Waals surface area contributed by atoms with Gasteiger partial charge in [0.15, 0.2) is 5.13 Å². The number of hydrogen-bond acceptors (Lipinski definition) is 7. The third-order valence-electron chi connectivity index (χ3n) is 5.10. The number of nitro benzene ring substituents is 1. The highest BCUT2D eigenvalue weighted by molar-refractivity contribution is 7.19. The molecule has 5 rings (SSSR count). The van der Waals surface area contributed by atoms with Crippen LogP contribution in [0.5, 0.6) is 0 Å². The zero-order chi connectivity index (χ0) is 22.4. The molecule has 1 amide bonds. The van der Waals surface area contributed by atoms with E-state index in [-0.39, 0.29) is 16.6 Å². The number of benzene rings is 1. The SMILES string of the molecule is CC(=O)Nc1nc2c(s1)-c1c(c(-c3cccnc3)nn1-c1ccc([N+](=O)[O-])cc1Cl)CC2. The highest BCUT2D eigenvalue weighted by atomic mass is 35.5. The summed E-state index contributed by atoms with van der Waals surface area (Å²) in [5.74, 6) is -0.195. The third-order valence-corrected chi connectivity index (χ3v) is 6.42. The average molecular weight is 467 g/mol. The lowest BCUT2D eigenvalue weighted by atomic mass is 9.95. The molecule has 0 radical (unpaired) electrons. The number of nitrogens with one attached hydrogen (secondary N) is 1. The first-order valence-electron chi connectivity index (χ1n) is 9.66. The van der Waals surface area contributed by atoms with Crippen LogP contribution in [-0.4, -0.2) is 30.6 Å². The maximum atomic E-state index is 11.5. The Labute approximate surface area is 190 Å². The molecule has 0 atom stereocenters. The number of fused-ring (bicyclic) bond motifs is 3. The van der Waals surface area contributed by atoms with Crippen LogP contribution in [0, 0.1) is 10.1 Å². The van der Waals surface area contributed by atoms with Crippen molar-refractivity contribution in [2.24, 2.45) is 0 Å². The Morgan fingerprint density at radius 2 is 2.16 bits per heavy atom. The summed E-state index contributed by atoms with van der Waals surface area (Å²) in [4.78, 5) is 31.9. The highest BCUT2D eigenvalue weighted by Gasteiger charge is 2.30. The predicted molar refractivity (Wildman–Crippen MR) is 121 cm³/mol. The molecule has 0 saturated carbocycles. The van der Waals surface area contributed by atoms with Crippen molar-refractivity contribution in [2.45, 2.75) is 19.8 Å². The van der Waals surface area contributed by atoms with Crippen LogP contribution in [0.15, 0.2) is 42.7 Å². The van der Waals surface area contributed by atoms with E-state index in [9.17, 15) is 14.9 Å². The average Bonchev–Trinajstić information content (AvgIpc) is 3.34. The number of thiazole rings is 1. The second-order valence-electron chi connectivity index (χ2n) is 7.20. The van der Waals surface area contributed by atoms with E-state index in [1.165, 1.54) is 30.4 Å². The van der Waals surface area contributed by atoms with E-state index in [2.05, 4.69) is 15.3 Å². The number of aryl methyl sites for hydroxylation is 1. The lowest BCUT2D eigenvalue weighted by Crippen LogP contribution is -2.07. The number of anilines is 1. The largest absolute Gasteiger partial charge is 0.302 e. The van der Waals surface area contributed by atoms with Gasteiger partial charge in [0.1, 0.15) is 0 Å². The van der Waals surface area contributed by atoms with Gasteiger partial charge in [-0.15, -0.1) is 0 Å². The Bertz CT molecular complexity index is 1380. The molecule has 3 heterocycles.